The van der Waals surface area contributed by atoms with E-state index in [1.54, 1.807) is 0 Å². The monoisotopic (exact) mass is 230 g/mol. The van der Waals surface area contributed by atoms with Gasteiger partial charge < -0.3 is 5.32 Å². The molecule has 1 aliphatic heterocycles. The van der Waals surface area contributed by atoms with Crippen LogP contribution in [0.1, 0.15) is 30.9 Å². The lowest BCUT2D eigenvalue weighted by atomic mass is 9.93. The van der Waals surface area contributed by atoms with E-state index in [2.05, 4.69) is 47.6 Å². The standard InChI is InChI=1S/C15H22N2/c1-16-11-13-9-10-17(14-7-8-14)15(13)12-5-3-2-4-6-12/h2-6,13-16H,7-11H2,1H3. The van der Waals surface area contributed by atoms with E-state index in [1.165, 1.54) is 31.4 Å². The molecule has 0 amide bonds. The fraction of sp³-hybridized carbons (Fsp3) is 0.600. The first-order chi connectivity index (χ1) is 8.40. The number of hydrogen-bond acceptors (Lipinski definition) is 2. The lowest BCUT2D eigenvalue weighted by Gasteiger charge is -2.28. The molecule has 1 aromatic rings. The van der Waals surface area contributed by atoms with Crippen molar-refractivity contribution in [3.63, 3.8) is 0 Å². The van der Waals surface area contributed by atoms with Gasteiger partial charge in [-0.2, -0.15) is 0 Å². The Kier molecular flexibility index (Phi) is 3.17. The van der Waals surface area contributed by atoms with E-state index >= 15 is 0 Å². The number of hydrogen-bond donors (Lipinski definition) is 1. The summed E-state index contributed by atoms with van der Waals surface area (Å²) >= 11 is 0. The van der Waals surface area contributed by atoms with Crippen LogP contribution in [0.25, 0.3) is 0 Å². The van der Waals surface area contributed by atoms with Gasteiger partial charge in [-0.3, -0.25) is 4.90 Å². The summed E-state index contributed by atoms with van der Waals surface area (Å²) in [6.45, 7) is 2.43. The van der Waals surface area contributed by atoms with E-state index in [1.807, 2.05) is 0 Å². The van der Waals surface area contributed by atoms with Gasteiger partial charge in [0.05, 0.1) is 0 Å². The Labute approximate surface area is 104 Å². The van der Waals surface area contributed by atoms with E-state index in [4.69, 9.17) is 0 Å². The van der Waals surface area contributed by atoms with Gasteiger partial charge in [0, 0.05) is 12.1 Å². The number of benzene rings is 1. The average molecular weight is 230 g/mol. The first-order valence-corrected chi connectivity index (χ1v) is 6.85. The van der Waals surface area contributed by atoms with E-state index in [-0.39, 0.29) is 0 Å². The third-order valence-corrected chi connectivity index (χ3v) is 4.19. The van der Waals surface area contributed by atoms with Gasteiger partial charge in [0.15, 0.2) is 0 Å². The average Bonchev–Trinajstić information content (AvgIpc) is 3.13. The zero-order valence-electron chi connectivity index (χ0n) is 10.6. The van der Waals surface area contributed by atoms with E-state index in [9.17, 15) is 0 Å². The molecule has 0 spiro atoms. The molecule has 2 aliphatic rings. The molecule has 92 valence electrons. The van der Waals surface area contributed by atoms with Gasteiger partial charge in [-0.05, 0) is 50.9 Å². The van der Waals surface area contributed by atoms with Crippen molar-refractivity contribution in [1.29, 1.82) is 0 Å². The Bertz CT molecular complexity index is 358. The van der Waals surface area contributed by atoms with Crippen molar-refractivity contribution >= 4 is 0 Å². The van der Waals surface area contributed by atoms with Gasteiger partial charge in [-0.25, -0.2) is 0 Å². The second-order valence-corrected chi connectivity index (χ2v) is 5.43. The fourth-order valence-electron chi connectivity index (χ4n) is 3.29. The minimum Gasteiger partial charge on any atom is -0.319 e. The Balaban J connectivity index is 1.84. The van der Waals surface area contributed by atoms with Crippen molar-refractivity contribution in [2.45, 2.75) is 31.3 Å². The lowest BCUT2D eigenvalue weighted by Crippen LogP contribution is -2.30. The molecule has 0 aromatic heterocycles. The summed E-state index contributed by atoms with van der Waals surface area (Å²) in [5.41, 5.74) is 1.51. The first-order valence-electron chi connectivity index (χ1n) is 6.85. The third kappa shape index (κ3) is 2.24. The second kappa shape index (κ2) is 4.79. The summed E-state index contributed by atoms with van der Waals surface area (Å²) in [6, 6.07) is 12.6. The molecule has 2 heteroatoms. The maximum Gasteiger partial charge on any atom is 0.0391 e. The molecule has 0 radical (unpaired) electrons. The predicted molar refractivity (Wildman–Crippen MR) is 70.9 cm³/mol. The maximum atomic E-state index is 3.36. The summed E-state index contributed by atoms with van der Waals surface area (Å²) in [5.74, 6) is 0.781. The van der Waals surface area contributed by atoms with Crippen molar-refractivity contribution in [3.8, 4) is 0 Å². The van der Waals surface area contributed by atoms with Gasteiger partial charge in [-0.1, -0.05) is 30.3 Å². The molecule has 3 rings (SSSR count). The number of likely N-dealkylation sites (tertiary alicyclic amines) is 1. The highest BCUT2D eigenvalue weighted by Crippen LogP contribution is 2.43. The fourth-order valence-corrected chi connectivity index (χ4v) is 3.29. The third-order valence-electron chi connectivity index (χ3n) is 4.19. The molecule has 1 saturated carbocycles. The second-order valence-electron chi connectivity index (χ2n) is 5.43. The smallest absolute Gasteiger partial charge is 0.0391 e. The van der Waals surface area contributed by atoms with Gasteiger partial charge in [0.1, 0.15) is 0 Å². The van der Waals surface area contributed by atoms with Crippen molar-refractivity contribution < 1.29 is 0 Å². The normalized spacial score (nSPS) is 29.7. The quantitative estimate of drug-likeness (QED) is 0.854. The molecule has 1 N–H and O–H groups in total. The number of nitrogens with zero attached hydrogens (tertiary/aromatic N) is 1. The van der Waals surface area contributed by atoms with Crippen LogP contribution < -0.4 is 5.32 Å². The molecule has 1 aliphatic carbocycles. The van der Waals surface area contributed by atoms with Gasteiger partial charge >= 0.3 is 0 Å². The number of rotatable bonds is 4. The van der Waals surface area contributed by atoms with Crippen LogP contribution in [0, 0.1) is 5.92 Å². The highest BCUT2D eigenvalue weighted by atomic mass is 15.2. The van der Waals surface area contributed by atoms with Gasteiger partial charge in [0.25, 0.3) is 0 Å². The molecular weight excluding hydrogens is 208 g/mol. The van der Waals surface area contributed by atoms with E-state index in [0.29, 0.717) is 6.04 Å². The van der Waals surface area contributed by atoms with Crippen molar-refractivity contribution in [2.24, 2.45) is 5.92 Å². The molecule has 1 saturated heterocycles. The van der Waals surface area contributed by atoms with Gasteiger partial charge in [-0.15, -0.1) is 0 Å². The zero-order valence-corrected chi connectivity index (χ0v) is 10.6. The van der Waals surface area contributed by atoms with E-state index < -0.39 is 0 Å². The van der Waals surface area contributed by atoms with Crippen LogP contribution >= 0.6 is 0 Å². The Morgan fingerprint density at radius 1 is 1.18 bits per heavy atom. The minimum atomic E-state index is 0.649. The molecule has 2 nitrogen and oxygen atoms in total. The molecule has 2 atom stereocenters. The van der Waals surface area contributed by atoms with Crippen molar-refractivity contribution in [3.05, 3.63) is 35.9 Å². The number of nitrogens with one attached hydrogen (secondary N) is 1. The van der Waals surface area contributed by atoms with Crippen molar-refractivity contribution in [1.82, 2.24) is 10.2 Å². The molecule has 17 heavy (non-hydrogen) atoms. The topological polar surface area (TPSA) is 15.3 Å². The largest absolute Gasteiger partial charge is 0.319 e. The lowest BCUT2D eigenvalue weighted by molar-refractivity contribution is 0.217. The summed E-state index contributed by atoms with van der Waals surface area (Å²) in [7, 11) is 2.07. The molecule has 2 fully saturated rings. The van der Waals surface area contributed by atoms with Gasteiger partial charge in [0.2, 0.25) is 0 Å². The van der Waals surface area contributed by atoms with Crippen LogP contribution in [0.15, 0.2) is 30.3 Å². The first kappa shape index (κ1) is 11.2. The maximum absolute atomic E-state index is 3.36. The molecule has 0 bridgehead atoms. The summed E-state index contributed by atoms with van der Waals surface area (Å²) in [4.78, 5) is 2.75. The summed E-state index contributed by atoms with van der Waals surface area (Å²) < 4.78 is 0. The Hall–Kier alpha value is -0.860. The SMILES string of the molecule is CNCC1CCN(C2CC2)C1c1ccccc1. The van der Waals surface area contributed by atoms with Crippen LogP contribution in [-0.2, 0) is 0 Å². The Morgan fingerprint density at radius 2 is 1.94 bits per heavy atom. The van der Waals surface area contributed by atoms with E-state index in [0.717, 1.165) is 18.5 Å². The van der Waals surface area contributed by atoms with Crippen LogP contribution in [0.4, 0.5) is 0 Å². The minimum absolute atomic E-state index is 0.649. The van der Waals surface area contributed by atoms with Crippen molar-refractivity contribution in [2.75, 3.05) is 20.1 Å². The van der Waals surface area contributed by atoms with Crippen LogP contribution in [0.2, 0.25) is 0 Å². The summed E-state index contributed by atoms with van der Waals surface area (Å²) in [6.07, 6.45) is 4.17. The summed E-state index contributed by atoms with van der Waals surface area (Å²) in [5, 5.41) is 3.36. The van der Waals surface area contributed by atoms with Crippen LogP contribution in [-0.4, -0.2) is 31.1 Å². The highest BCUT2D eigenvalue weighted by Gasteiger charge is 2.42. The highest BCUT2D eigenvalue weighted by molar-refractivity contribution is 5.22. The predicted octanol–water partition coefficient (Wildman–Crippen LogP) is 2.43. The molecule has 1 aromatic carbocycles. The molecule has 2 unspecified atom stereocenters. The van der Waals surface area contributed by atoms with Crippen LogP contribution in [0.3, 0.4) is 0 Å². The Morgan fingerprint density at radius 3 is 2.59 bits per heavy atom. The molecule has 1 heterocycles. The molecular formula is C15H22N2. The zero-order chi connectivity index (χ0) is 11.7. The van der Waals surface area contributed by atoms with Crippen LogP contribution in [0.5, 0.6) is 0 Å².